The minimum absolute atomic E-state index is 0.0480. The van der Waals surface area contributed by atoms with Crippen molar-refractivity contribution in [1.82, 2.24) is 5.32 Å². The smallest absolute Gasteiger partial charge is 0.249 e. The Morgan fingerprint density at radius 1 is 1.12 bits per heavy atom. The molecule has 1 fully saturated rings. The molecule has 4 nitrogen and oxygen atoms in total. The van der Waals surface area contributed by atoms with E-state index in [-0.39, 0.29) is 17.0 Å². The highest BCUT2D eigenvalue weighted by Gasteiger charge is 2.25. The standard InChI is InChI=1S/C25H27ClFN3OS/c26-24-19(23-18(25(29)31)7-4-8-21(23)27)13-22(32-24)20(15-5-2-1-3-6-15)14-30-17-11-9-16(28)10-12-17/h1-8,13,16-17,20,30H,9-12,14,28H2,(H2,29,31). The monoisotopic (exact) mass is 471 g/mol. The van der Waals surface area contributed by atoms with Gasteiger partial charge in [0.2, 0.25) is 5.91 Å². The topological polar surface area (TPSA) is 81.1 Å². The molecule has 3 aromatic rings. The van der Waals surface area contributed by atoms with Crippen LogP contribution < -0.4 is 16.8 Å². The SMILES string of the molecule is NC(=O)c1cccc(F)c1-c1cc(C(CNC2CCC(N)CC2)c2ccccc2)sc1Cl. The number of amides is 1. The van der Waals surface area contributed by atoms with Gasteiger partial charge in [0, 0.05) is 46.1 Å². The van der Waals surface area contributed by atoms with Crippen molar-refractivity contribution < 1.29 is 9.18 Å². The van der Waals surface area contributed by atoms with E-state index < -0.39 is 11.7 Å². The lowest BCUT2D eigenvalue weighted by atomic mass is 9.90. The van der Waals surface area contributed by atoms with Crippen LogP contribution in [0.4, 0.5) is 4.39 Å². The number of nitrogens with two attached hydrogens (primary N) is 2. The Bertz CT molecular complexity index is 1080. The summed E-state index contributed by atoms with van der Waals surface area (Å²) >= 11 is 8.00. The molecule has 2 aromatic carbocycles. The molecule has 5 N–H and O–H groups in total. The van der Waals surface area contributed by atoms with Crippen molar-refractivity contribution in [3.63, 3.8) is 0 Å². The molecular weight excluding hydrogens is 445 g/mol. The first-order valence-electron chi connectivity index (χ1n) is 10.9. The van der Waals surface area contributed by atoms with Gasteiger partial charge < -0.3 is 16.8 Å². The van der Waals surface area contributed by atoms with Gasteiger partial charge in [-0.1, -0.05) is 48.0 Å². The highest BCUT2D eigenvalue weighted by molar-refractivity contribution is 7.17. The second-order valence-electron chi connectivity index (χ2n) is 8.35. The van der Waals surface area contributed by atoms with Crippen LogP contribution in [0.15, 0.2) is 54.6 Å². The van der Waals surface area contributed by atoms with Gasteiger partial charge >= 0.3 is 0 Å². The van der Waals surface area contributed by atoms with Crippen LogP contribution in [-0.4, -0.2) is 24.5 Å². The van der Waals surface area contributed by atoms with Crippen molar-refractivity contribution in [2.24, 2.45) is 11.5 Å². The first-order valence-corrected chi connectivity index (χ1v) is 12.0. The molecule has 1 saturated carbocycles. The summed E-state index contributed by atoms with van der Waals surface area (Å²) in [5, 5.41) is 3.71. The Morgan fingerprint density at radius 2 is 1.84 bits per heavy atom. The van der Waals surface area contributed by atoms with E-state index in [1.54, 1.807) is 0 Å². The Hall–Kier alpha value is -2.25. The van der Waals surface area contributed by atoms with Crippen LogP contribution in [0, 0.1) is 5.82 Å². The molecule has 1 aliphatic carbocycles. The largest absolute Gasteiger partial charge is 0.366 e. The van der Waals surface area contributed by atoms with Crippen molar-refractivity contribution >= 4 is 28.8 Å². The Morgan fingerprint density at radius 3 is 2.53 bits per heavy atom. The van der Waals surface area contributed by atoms with Crippen LogP contribution in [0.2, 0.25) is 4.34 Å². The minimum atomic E-state index is -0.680. The second kappa shape index (κ2) is 10.1. The van der Waals surface area contributed by atoms with Crippen molar-refractivity contribution in [3.8, 4) is 11.1 Å². The molecule has 1 aromatic heterocycles. The molecule has 7 heteroatoms. The lowest BCUT2D eigenvalue weighted by molar-refractivity contribution is 0.100. The van der Waals surface area contributed by atoms with Gasteiger partial charge in [0.1, 0.15) is 10.2 Å². The number of hydrogen-bond donors (Lipinski definition) is 3. The molecule has 168 valence electrons. The maximum absolute atomic E-state index is 14.7. The number of halogens is 2. The Balaban J connectivity index is 1.67. The first kappa shape index (κ1) is 22.9. The van der Waals surface area contributed by atoms with E-state index in [2.05, 4.69) is 17.4 Å². The fourth-order valence-corrected chi connectivity index (χ4v) is 5.84. The first-order chi connectivity index (χ1) is 15.4. The van der Waals surface area contributed by atoms with E-state index in [1.165, 1.54) is 29.5 Å². The summed E-state index contributed by atoms with van der Waals surface area (Å²) in [6, 6.07) is 17.2. The molecule has 32 heavy (non-hydrogen) atoms. The van der Waals surface area contributed by atoms with Gasteiger partial charge in [-0.05, 0) is 49.4 Å². The van der Waals surface area contributed by atoms with Crippen LogP contribution in [-0.2, 0) is 0 Å². The fraction of sp³-hybridized carbons (Fsp3) is 0.320. The summed E-state index contributed by atoms with van der Waals surface area (Å²) in [6.07, 6.45) is 4.20. The number of primary amides is 1. The number of carbonyl (C=O) groups is 1. The Labute approximate surface area is 196 Å². The summed E-state index contributed by atoms with van der Waals surface area (Å²) < 4.78 is 15.2. The van der Waals surface area contributed by atoms with Gasteiger partial charge in [-0.3, -0.25) is 4.79 Å². The lowest BCUT2D eigenvalue weighted by Crippen LogP contribution is -2.39. The highest BCUT2D eigenvalue weighted by atomic mass is 35.5. The maximum atomic E-state index is 14.7. The van der Waals surface area contributed by atoms with Gasteiger partial charge in [0.05, 0.1) is 0 Å². The van der Waals surface area contributed by atoms with Gasteiger partial charge in [-0.15, -0.1) is 11.3 Å². The van der Waals surface area contributed by atoms with Gasteiger partial charge in [0.25, 0.3) is 0 Å². The molecule has 0 radical (unpaired) electrons. The molecule has 1 heterocycles. The zero-order chi connectivity index (χ0) is 22.7. The molecule has 1 aliphatic rings. The number of carbonyl (C=O) groups excluding carboxylic acids is 1. The zero-order valence-corrected chi connectivity index (χ0v) is 19.3. The third-order valence-corrected chi connectivity index (χ3v) is 7.65. The van der Waals surface area contributed by atoms with E-state index in [0.29, 0.717) is 22.0 Å². The molecule has 0 aliphatic heterocycles. The molecule has 0 spiro atoms. The number of benzene rings is 2. The molecule has 0 bridgehead atoms. The normalized spacial score (nSPS) is 19.6. The summed E-state index contributed by atoms with van der Waals surface area (Å²) in [5.41, 5.74) is 13.5. The summed E-state index contributed by atoms with van der Waals surface area (Å²) in [7, 11) is 0. The van der Waals surface area contributed by atoms with E-state index in [0.717, 1.165) is 42.7 Å². The maximum Gasteiger partial charge on any atom is 0.249 e. The predicted molar refractivity (Wildman–Crippen MR) is 130 cm³/mol. The quantitative estimate of drug-likeness (QED) is 0.437. The second-order valence-corrected chi connectivity index (χ2v) is 10.0. The third-order valence-electron chi connectivity index (χ3n) is 6.18. The van der Waals surface area contributed by atoms with Crippen molar-refractivity contribution in [1.29, 1.82) is 0 Å². The summed E-state index contributed by atoms with van der Waals surface area (Å²) in [5.74, 6) is -1.15. The predicted octanol–water partition coefficient (Wildman–Crippen LogP) is 5.30. The van der Waals surface area contributed by atoms with Gasteiger partial charge in [-0.2, -0.15) is 0 Å². The van der Waals surface area contributed by atoms with Gasteiger partial charge in [0.15, 0.2) is 0 Å². The molecule has 1 amide bonds. The molecule has 0 saturated heterocycles. The fourth-order valence-electron chi connectivity index (χ4n) is 4.41. The van der Waals surface area contributed by atoms with E-state index in [9.17, 15) is 9.18 Å². The van der Waals surface area contributed by atoms with Crippen LogP contribution in [0.25, 0.3) is 11.1 Å². The van der Waals surface area contributed by atoms with Crippen molar-refractivity contribution in [3.05, 3.63) is 80.8 Å². The average molecular weight is 472 g/mol. The number of nitrogens with one attached hydrogen (secondary N) is 1. The van der Waals surface area contributed by atoms with E-state index in [4.69, 9.17) is 23.1 Å². The number of hydrogen-bond acceptors (Lipinski definition) is 4. The van der Waals surface area contributed by atoms with Crippen LogP contribution in [0.5, 0.6) is 0 Å². The van der Waals surface area contributed by atoms with E-state index >= 15 is 0 Å². The third kappa shape index (κ3) is 5.04. The summed E-state index contributed by atoms with van der Waals surface area (Å²) in [6.45, 7) is 0.736. The van der Waals surface area contributed by atoms with Crippen LogP contribution in [0.1, 0.15) is 52.4 Å². The average Bonchev–Trinajstić information content (AvgIpc) is 3.16. The molecule has 1 unspecified atom stereocenters. The van der Waals surface area contributed by atoms with Crippen LogP contribution >= 0.6 is 22.9 Å². The lowest BCUT2D eigenvalue weighted by Gasteiger charge is -2.28. The number of thiophene rings is 1. The highest BCUT2D eigenvalue weighted by Crippen LogP contribution is 2.42. The zero-order valence-electron chi connectivity index (χ0n) is 17.7. The molecule has 4 rings (SSSR count). The van der Waals surface area contributed by atoms with Crippen molar-refractivity contribution in [2.75, 3.05) is 6.54 Å². The van der Waals surface area contributed by atoms with Gasteiger partial charge in [-0.25, -0.2) is 4.39 Å². The molecule has 1 atom stereocenters. The molecular formula is C25H27ClFN3OS. The van der Waals surface area contributed by atoms with Crippen LogP contribution in [0.3, 0.4) is 0 Å². The van der Waals surface area contributed by atoms with Crippen molar-refractivity contribution in [2.45, 2.75) is 43.7 Å². The minimum Gasteiger partial charge on any atom is -0.366 e. The summed E-state index contributed by atoms with van der Waals surface area (Å²) in [4.78, 5) is 12.9. The van der Waals surface area contributed by atoms with E-state index in [1.807, 2.05) is 24.3 Å². The Kier molecular flexibility index (Phi) is 7.26. The number of rotatable bonds is 7.